The minimum absolute atomic E-state index is 0.263. The highest BCUT2D eigenvalue weighted by Crippen LogP contribution is 2.33. The zero-order valence-electron chi connectivity index (χ0n) is 18.5. The Labute approximate surface area is 183 Å². The van der Waals surface area contributed by atoms with Gasteiger partial charge in [-0.25, -0.2) is 9.97 Å². The molecule has 0 spiro atoms. The van der Waals surface area contributed by atoms with Crippen LogP contribution < -0.4 is 5.32 Å². The first kappa shape index (κ1) is 20.9. The lowest BCUT2D eigenvalue weighted by molar-refractivity contribution is 0.243. The van der Waals surface area contributed by atoms with Crippen LogP contribution in [0.5, 0.6) is 0 Å². The van der Waals surface area contributed by atoms with E-state index in [-0.39, 0.29) is 6.04 Å². The van der Waals surface area contributed by atoms with E-state index in [2.05, 4.69) is 52.6 Å². The van der Waals surface area contributed by atoms with Gasteiger partial charge in [-0.05, 0) is 59.2 Å². The van der Waals surface area contributed by atoms with Crippen LogP contribution in [0.3, 0.4) is 0 Å². The monoisotopic (exact) mass is 416 g/mol. The van der Waals surface area contributed by atoms with Crippen molar-refractivity contribution in [1.29, 1.82) is 5.26 Å². The molecule has 3 aromatic heterocycles. The molecule has 4 heterocycles. The molecule has 1 aliphatic heterocycles. The Morgan fingerprint density at radius 3 is 2.61 bits per heavy atom. The second-order valence-corrected chi connectivity index (χ2v) is 8.31. The number of nitriles is 1. The fraction of sp³-hybridized carbons (Fsp3) is 0.435. The molecular weight excluding hydrogens is 388 g/mol. The van der Waals surface area contributed by atoms with Gasteiger partial charge in [-0.3, -0.25) is 14.6 Å². The summed E-state index contributed by atoms with van der Waals surface area (Å²) in [5.41, 5.74) is 5.83. The average molecular weight is 417 g/mol. The zero-order chi connectivity index (χ0) is 22.0. The average Bonchev–Trinajstić information content (AvgIpc) is 3.35. The van der Waals surface area contributed by atoms with E-state index in [1.165, 1.54) is 11.3 Å². The van der Waals surface area contributed by atoms with E-state index in [9.17, 15) is 0 Å². The molecule has 8 heteroatoms. The van der Waals surface area contributed by atoms with Crippen LogP contribution >= 0.6 is 0 Å². The summed E-state index contributed by atoms with van der Waals surface area (Å²) in [7, 11) is 0. The van der Waals surface area contributed by atoms with Gasteiger partial charge in [0.15, 0.2) is 0 Å². The quantitative estimate of drug-likeness (QED) is 0.643. The highest BCUT2D eigenvalue weighted by atomic mass is 15.3. The molecule has 1 N–H and O–H groups in total. The third-order valence-corrected chi connectivity index (χ3v) is 5.85. The van der Waals surface area contributed by atoms with Crippen molar-refractivity contribution in [2.75, 3.05) is 11.9 Å². The standard InChI is InChI=1S/C23H28N8/c1-15(2)31-17(4)20(16(3)29-31)14-30-9-5-6-22(30)21-12-27-23(13-26-21)28-19-8-7-18(10-24)25-11-19/h7-8,11-13,15,22H,5-6,9,14H2,1-4H3,(H,27,28)/t22-/m1/s1. The van der Waals surface area contributed by atoms with Gasteiger partial charge < -0.3 is 5.32 Å². The smallest absolute Gasteiger partial charge is 0.148 e. The predicted octanol–water partition coefficient (Wildman–Crippen LogP) is 4.22. The predicted molar refractivity (Wildman–Crippen MR) is 119 cm³/mol. The van der Waals surface area contributed by atoms with Gasteiger partial charge in [-0.2, -0.15) is 10.4 Å². The van der Waals surface area contributed by atoms with E-state index in [4.69, 9.17) is 15.3 Å². The van der Waals surface area contributed by atoms with Crippen LogP contribution in [0, 0.1) is 25.2 Å². The number of hydrogen-bond acceptors (Lipinski definition) is 7. The Kier molecular flexibility index (Phi) is 5.96. The van der Waals surface area contributed by atoms with Crippen molar-refractivity contribution in [3.8, 4) is 6.07 Å². The molecule has 0 radical (unpaired) electrons. The number of nitrogens with zero attached hydrogens (tertiary/aromatic N) is 7. The number of pyridine rings is 1. The second kappa shape index (κ2) is 8.82. The molecule has 31 heavy (non-hydrogen) atoms. The van der Waals surface area contributed by atoms with Gasteiger partial charge in [0.05, 0.1) is 41.7 Å². The Bertz CT molecular complexity index is 1080. The Hall–Kier alpha value is -3.31. The minimum atomic E-state index is 0.263. The van der Waals surface area contributed by atoms with Crippen LogP contribution in [0.2, 0.25) is 0 Å². The molecule has 0 bridgehead atoms. The largest absolute Gasteiger partial charge is 0.338 e. The summed E-state index contributed by atoms with van der Waals surface area (Å²) in [4.78, 5) is 15.8. The maximum absolute atomic E-state index is 8.86. The van der Waals surface area contributed by atoms with E-state index < -0.39 is 0 Å². The lowest BCUT2D eigenvalue weighted by Gasteiger charge is -2.24. The Balaban J connectivity index is 1.47. The lowest BCUT2D eigenvalue weighted by Crippen LogP contribution is -2.24. The molecule has 8 nitrogen and oxygen atoms in total. The van der Waals surface area contributed by atoms with Crippen LogP contribution in [-0.4, -0.2) is 36.2 Å². The first-order valence-electron chi connectivity index (χ1n) is 10.7. The molecule has 0 amide bonds. The van der Waals surface area contributed by atoms with Crippen molar-refractivity contribution in [2.45, 2.75) is 59.2 Å². The van der Waals surface area contributed by atoms with E-state index >= 15 is 0 Å². The van der Waals surface area contributed by atoms with Gasteiger partial charge in [-0.1, -0.05) is 0 Å². The fourth-order valence-electron chi connectivity index (χ4n) is 4.24. The third kappa shape index (κ3) is 4.42. The summed E-state index contributed by atoms with van der Waals surface area (Å²) in [6.07, 6.45) is 7.48. The van der Waals surface area contributed by atoms with E-state index in [1.807, 2.05) is 18.3 Å². The van der Waals surface area contributed by atoms with Gasteiger partial charge in [0, 0.05) is 23.8 Å². The van der Waals surface area contributed by atoms with Crippen molar-refractivity contribution < 1.29 is 0 Å². The number of anilines is 2. The van der Waals surface area contributed by atoms with Crippen LogP contribution in [0.25, 0.3) is 0 Å². The molecule has 3 aromatic rings. The molecule has 0 saturated carbocycles. The van der Waals surface area contributed by atoms with Crippen LogP contribution in [0.15, 0.2) is 30.7 Å². The third-order valence-electron chi connectivity index (χ3n) is 5.85. The van der Waals surface area contributed by atoms with Crippen LogP contribution in [0.4, 0.5) is 11.5 Å². The van der Waals surface area contributed by atoms with Crippen molar-refractivity contribution in [3.63, 3.8) is 0 Å². The molecule has 1 saturated heterocycles. The summed E-state index contributed by atoms with van der Waals surface area (Å²) >= 11 is 0. The van der Waals surface area contributed by atoms with Crippen LogP contribution in [0.1, 0.15) is 67.1 Å². The first-order valence-corrected chi connectivity index (χ1v) is 10.7. The number of likely N-dealkylation sites (tertiary alicyclic amines) is 1. The van der Waals surface area contributed by atoms with Crippen molar-refractivity contribution in [1.82, 2.24) is 29.6 Å². The highest BCUT2D eigenvalue weighted by molar-refractivity contribution is 5.54. The lowest BCUT2D eigenvalue weighted by atomic mass is 10.1. The zero-order valence-corrected chi connectivity index (χ0v) is 18.5. The maximum Gasteiger partial charge on any atom is 0.148 e. The Morgan fingerprint density at radius 1 is 1.16 bits per heavy atom. The van der Waals surface area contributed by atoms with E-state index in [1.54, 1.807) is 18.5 Å². The first-order chi connectivity index (χ1) is 15.0. The van der Waals surface area contributed by atoms with Gasteiger partial charge in [0.1, 0.15) is 17.6 Å². The molecule has 4 rings (SSSR count). The van der Waals surface area contributed by atoms with Gasteiger partial charge in [-0.15, -0.1) is 0 Å². The Morgan fingerprint density at radius 2 is 2.00 bits per heavy atom. The van der Waals surface area contributed by atoms with Gasteiger partial charge in [0.2, 0.25) is 0 Å². The SMILES string of the molecule is Cc1nn(C(C)C)c(C)c1CN1CCC[C@@H]1c1cnc(Nc2ccc(C#N)nc2)cn1. The molecule has 0 aromatic carbocycles. The molecule has 0 aliphatic carbocycles. The van der Waals surface area contributed by atoms with Crippen molar-refractivity contribution in [2.24, 2.45) is 0 Å². The van der Waals surface area contributed by atoms with Gasteiger partial charge >= 0.3 is 0 Å². The number of rotatable bonds is 6. The maximum atomic E-state index is 8.86. The molecular formula is C23H28N8. The fourth-order valence-corrected chi connectivity index (χ4v) is 4.24. The summed E-state index contributed by atoms with van der Waals surface area (Å²) in [6.45, 7) is 10.5. The summed E-state index contributed by atoms with van der Waals surface area (Å²) in [6, 6.07) is 6.12. The summed E-state index contributed by atoms with van der Waals surface area (Å²) in [5.74, 6) is 0.657. The van der Waals surface area contributed by atoms with Crippen molar-refractivity contribution in [3.05, 3.63) is 59.1 Å². The highest BCUT2D eigenvalue weighted by Gasteiger charge is 2.29. The van der Waals surface area contributed by atoms with Crippen LogP contribution in [-0.2, 0) is 6.54 Å². The minimum Gasteiger partial charge on any atom is -0.338 e. The van der Waals surface area contributed by atoms with Gasteiger partial charge in [0.25, 0.3) is 0 Å². The number of aryl methyl sites for hydroxylation is 1. The second-order valence-electron chi connectivity index (χ2n) is 8.31. The molecule has 1 fully saturated rings. The molecule has 160 valence electrons. The summed E-state index contributed by atoms with van der Waals surface area (Å²) < 4.78 is 2.12. The number of hydrogen-bond donors (Lipinski definition) is 1. The topological polar surface area (TPSA) is 95.6 Å². The molecule has 1 atom stereocenters. The molecule has 1 aliphatic rings. The number of aromatic nitrogens is 5. The summed E-state index contributed by atoms with van der Waals surface area (Å²) in [5, 5.41) is 16.8. The van der Waals surface area contributed by atoms with E-state index in [0.29, 0.717) is 17.6 Å². The van der Waals surface area contributed by atoms with E-state index in [0.717, 1.165) is 43.0 Å². The molecule has 0 unspecified atom stereocenters. The van der Waals surface area contributed by atoms with Crippen molar-refractivity contribution >= 4 is 11.5 Å². The normalized spacial score (nSPS) is 16.6. The number of nitrogens with one attached hydrogen (secondary N) is 1.